The highest BCUT2D eigenvalue weighted by atomic mass is 35.5. The number of hydrogen-bond acceptors (Lipinski definition) is 7. The molecule has 2 amide bonds. The average molecular weight is 639 g/mol. The first kappa shape index (κ1) is 33.1. The number of benzene rings is 2. The number of carbonyl (C=O) groups excluding carboxylic acids is 2. The van der Waals surface area contributed by atoms with Gasteiger partial charge in [0.25, 0.3) is 0 Å². The maximum Gasteiger partial charge on any atom is 0.407 e. The molecule has 2 saturated heterocycles. The Morgan fingerprint density at radius 1 is 1.16 bits per heavy atom. The van der Waals surface area contributed by atoms with Crippen molar-refractivity contribution in [2.24, 2.45) is 5.92 Å². The van der Waals surface area contributed by atoms with Crippen LogP contribution in [0.3, 0.4) is 0 Å². The van der Waals surface area contributed by atoms with E-state index < -0.39 is 39.8 Å². The SMILES string of the molecule is COC(=O)N[C@H](C(=O)Nc1cccc(F)c1CC[C@H]1CNC[C@H](C)N1S(C)(=O)=O)[C@@H](c1ccc(Cl)cc1)C1CCOCC1. The molecular formula is C30H40ClFN4O6S. The third kappa shape index (κ3) is 8.45. The summed E-state index contributed by atoms with van der Waals surface area (Å²) >= 11 is 6.15. The van der Waals surface area contributed by atoms with Crippen molar-refractivity contribution in [3.8, 4) is 0 Å². The van der Waals surface area contributed by atoms with Crippen LogP contribution in [0.15, 0.2) is 42.5 Å². The lowest BCUT2D eigenvalue weighted by Crippen LogP contribution is -2.58. The number of hydrogen-bond donors (Lipinski definition) is 3. The molecule has 2 fully saturated rings. The van der Waals surface area contributed by atoms with Crippen molar-refractivity contribution in [1.29, 1.82) is 0 Å². The molecule has 0 saturated carbocycles. The van der Waals surface area contributed by atoms with E-state index in [1.807, 2.05) is 19.1 Å². The van der Waals surface area contributed by atoms with Crippen LogP contribution < -0.4 is 16.0 Å². The van der Waals surface area contributed by atoms with Crippen LogP contribution in [0.5, 0.6) is 0 Å². The van der Waals surface area contributed by atoms with Crippen LogP contribution in [0.4, 0.5) is 14.9 Å². The van der Waals surface area contributed by atoms with E-state index in [1.54, 1.807) is 18.2 Å². The van der Waals surface area contributed by atoms with Gasteiger partial charge in [-0.3, -0.25) is 4.79 Å². The van der Waals surface area contributed by atoms with Crippen LogP contribution in [0.2, 0.25) is 5.02 Å². The standard InChI is InChI=1S/C30H40ClFN4O6S/c1-19-17-33-18-23(36(19)43(3,39)40)11-12-24-25(32)5-4-6-26(24)34-29(37)28(35-30(38)41-2)27(21-13-15-42-16-14-21)20-7-9-22(31)10-8-20/h4-10,19,21,23,27-28,33H,11-18H2,1-3H3,(H,34,37)(H,35,38)/t19-,23-,27-,28-/m0/s1. The van der Waals surface area contributed by atoms with Gasteiger partial charge < -0.3 is 25.4 Å². The summed E-state index contributed by atoms with van der Waals surface area (Å²) < 4.78 is 52.2. The van der Waals surface area contributed by atoms with Crippen LogP contribution in [0, 0.1) is 11.7 Å². The minimum Gasteiger partial charge on any atom is -0.453 e. The number of piperazine rings is 1. The Hall–Kier alpha value is -2.77. The van der Waals surface area contributed by atoms with E-state index in [0.29, 0.717) is 50.6 Å². The molecule has 0 aliphatic carbocycles. The predicted molar refractivity (Wildman–Crippen MR) is 163 cm³/mol. The van der Waals surface area contributed by atoms with Gasteiger partial charge in [-0.25, -0.2) is 17.6 Å². The maximum atomic E-state index is 15.3. The largest absolute Gasteiger partial charge is 0.453 e. The molecule has 4 rings (SSSR count). The van der Waals surface area contributed by atoms with Gasteiger partial charge in [0.15, 0.2) is 0 Å². The monoisotopic (exact) mass is 638 g/mol. The lowest BCUT2D eigenvalue weighted by molar-refractivity contribution is -0.119. The first-order chi connectivity index (χ1) is 20.5. The van der Waals surface area contributed by atoms with E-state index >= 15 is 4.39 Å². The van der Waals surface area contributed by atoms with Gasteiger partial charge in [-0.15, -0.1) is 0 Å². The molecule has 2 aromatic carbocycles. The Bertz CT molecular complexity index is 1370. The molecular weight excluding hydrogens is 599 g/mol. The number of methoxy groups -OCH3 is 1. The molecule has 0 radical (unpaired) electrons. The molecule has 3 N–H and O–H groups in total. The first-order valence-corrected chi connectivity index (χ1v) is 16.7. The summed E-state index contributed by atoms with van der Waals surface area (Å²) in [5, 5.41) is 9.37. The summed E-state index contributed by atoms with van der Waals surface area (Å²) in [6.07, 6.45) is 2.29. The van der Waals surface area contributed by atoms with Crippen LogP contribution in [0.25, 0.3) is 0 Å². The normalized spacial score (nSPS) is 21.5. The number of sulfonamides is 1. The van der Waals surface area contributed by atoms with Gasteiger partial charge >= 0.3 is 6.09 Å². The molecule has 10 nitrogen and oxygen atoms in total. The molecule has 0 aromatic heterocycles. The fraction of sp³-hybridized carbons (Fsp3) is 0.533. The molecule has 236 valence electrons. The first-order valence-electron chi connectivity index (χ1n) is 14.4. The van der Waals surface area contributed by atoms with E-state index in [1.165, 1.54) is 29.8 Å². The minimum atomic E-state index is -3.48. The zero-order valence-corrected chi connectivity index (χ0v) is 26.2. The number of halogens is 2. The second kappa shape index (κ2) is 14.8. The second-order valence-corrected chi connectivity index (χ2v) is 13.5. The van der Waals surface area contributed by atoms with Gasteiger partial charge in [-0.05, 0) is 68.4 Å². The van der Waals surface area contributed by atoms with Crippen molar-refractivity contribution >= 4 is 39.3 Å². The van der Waals surface area contributed by atoms with Crippen molar-refractivity contribution in [2.45, 2.75) is 56.7 Å². The average Bonchev–Trinajstić information content (AvgIpc) is 2.97. The van der Waals surface area contributed by atoms with Crippen molar-refractivity contribution in [3.63, 3.8) is 0 Å². The smallest absolute Gasteiger partial charge is 0.407 e. The van der Waals surface area contributed by atoms with Gasteiger partial charge in [0.05, 0.1) is 13.4 Å². The molecule has 43 heavy (non-hydrogen) atoms. The van der Waals surface area contributed by atoms with Crippen molar-refractivity contribution in [2.75, 3.05) is 45.0 Å². The highest BCUT2D eigenvalue weighted by molar-refractivity contribution is 7.88. The van der Waals surface area contributed by atoms with Crippen molar-refractivity contribution in [1.82, 2.24) is 14.9 Å². The molecule has 13 heteroatoms. The van der Waals surface area contributed by atoms with E-state index in [0.717, 1.165) is 5.56 Å². The Balaban J connectivity index is 1.63. The molecule has 0 spiro atoms. The van der Waals surface area contributed by atoms with Gasteiger partial charge in [0.1, 0.15) is 11.9 Å². The summed E-state index contributed by atoms with van der Waals surface area (Å²) in [6.45, 7) is 3.84. The lowest BCUT2D eigenvalue weighted by Gasteiger charge is -2.39. The fourth-order valence-electron chi connectivity index (χ4n) is 6.28. The fourth-order valence-corrected chi connectivity index (χ4v) is 7.85. The quantitative estimate of drug-likeness (QED) is 0.360. The molecule has 2 heterocycles. The molecule has 2 aromatic rings. The highest BCUT2D eigenvalue weighted by Crippen LogP contribution is 2.36. The van der Waals surface area contributed by atoms with Gasteiger partial charge in [-0.1, -0.05) is 29.8 Å². The highest BCUT2D eigenvalue weighted by Gasteiger charge is 2.38. The number of ether oxygens (including phenoxy) is 2. The molecule has 2 aliphatic rings. The summed E-state index contributed by atoms with van der Waals surface area (Å²) in [5.74, 6) is -1.50. The van der Waals surface area contributed by atoms with Crippen molar-refractivity contribution in [3.05, 3.63) is 64.4 Å². The topological polar surface area (TPSA) is 126 Å². The summed E-state index contributed by atoms with van der Waals surface area (Å²) in [7, 11) is -2.26. The zero-order valence-electron chi connectivity index (χ0n) is 24.6. The molecule has 0 bridgehead atoms. The summed E-state index contributed by atoms with van der Waals surface area (Å²) in [4.78, 5) is 26.5. The predicted octanol–water partition coefficient (Wildman–Crippen LogP) is 3.91. The van der Waals surface area contributed by atoms with Gasteiger partial charge in [-0.2, -0.15) is 4.31 Å². The number of amides is 2. The number of nitrogens with one attached hydrogen (secondary N) is 3. The van der Waals surface area contributed by atoms with Crippen molar-refractivity contribution < 1.29 is 31.9 Å². The zero-order chi connectivity index (χ0) is 31.1. The van der Waals surface area contributed by atoms with E-state index in [-0.39, 0.29) is 35.7 Å². The van der Waals surface area contributed by atoms with E-state index in [9.17, 15) is 18.0 Å². The number of alkyl carbamates (subject to hydrolysis) is 1. The molecule has 4 atom stereocenters. The number of rotatable bonds is 10. The maximum absolute atomic E-state index is 15.3. The Morgan fingerprint density at radius 2 is 1.86 bits per heavy atom. The van der Waals surface area contributed by atoms with Crippen LogP contribution in [0.1, 0.15) is 43.2 Å². The Kier molecular flexibility index (Phi) is 11.4. The van der Waals surface area contributed by atoms with E-state index in [4.69, 9.17) is 21.1 Å². The third-order valence-electron chi connectivity index (χ3n) is 8.23. The number of anilines is 1. The van der Waals surface area contributed by atoms with Crippen LogP contribution in [-0.2, 0) is 30.7 Å². The number of nitrogens with zero attached hydrogens (tertiary/aromatic N) is 1. The van der Waals surface area contributed by atoms with Crippen LogP contribution in [-0.4, -0.2) is 82.5 Å². The van der Waals surface area contributed by atoms with Crippen LogP contribution >= 0.6 is 11.6 Å². The number of carbonyl (C=O) groups is 2. The van der Waals surface area contributed by atoms with E-state index in [2.05, 4.69) is 16.0 Å². The minimum absolute atomic E-state index is 0.00224. The second-order valence-electron chi connectivity index (χ2n) is 11.2. The lowest BCUT2D eigenvalue weighted by atomic mass is 9.76. The summed E-state index contributed by atoms with van der Waals surface area (Å²) in [5.41, 5.74) is 1.33. The van der Waals surface area contributed by atoms with Gasteiger partial charge in [0, 0.05) is 60.6 Å². The Morgan fingerprint density at radius 3 is 2.51 bits per heavy atom. The Labute approximate surface area is 257 Å². The third-order valence-corrected chi connectivity index (χ3v) is 9.91. The van der Waals surface area contributed by atoms with Gasteiger partial charge in [0.2, 0.25) is 15.9 Å². The molecule has 2 aliphatic heterocycles. The molecule has 0 unspecified atom stereocenters. The summed E-state index contributed by atoms with van der Waals surface area (Å²) in [6, 6.07) is 9.88.